The lowest BCUT2D eigenvalue weighted by Crippen LogP contribution is -2.31. The molecular formula is C22H26N2O3S. The molecule has 6 heteroatoms. The third-order valence-corrected chi connectivity index (χ3v) is 7.17. The lowest BCUT2D eigenvalue weighted by atomic mass is 10.0. The Bertz CT molecular complexity index is 1060. The smallest absolute Gasteiger partial charge is 0.244 e. The molecular weight excluding hydrogens is 372 g/mol. The van der Waals surface area contributed by atoms with Crippen LogP contribution in [-0.4, -0.2) is 17.9 Å². The van der Waals surface area contributed by atoms with Gasteiger partial charge < -0.3 is 4.52 Å². The third kappa shape index (κ3) is 4.03. The van der Waals surface area contributed by atoms with E-state index in [4.69, 9.17) is 4.52 Å². The summed E-state index contributed by atoms with van der Waals surface area (Å²) in [6.45, 7) is 9.84. The predicted molar refractivity (Wildman–Crippen MR) is 110 cm³/mol. The van der Waals surface area contributed by atoms with E-state index in [2.05, 4.69) is 5.16 Å². The maximum Gasteiger partial charge on any atom is 0.244 e. The number of hydrogen-bond acceptors (Lipinski definition) is 4. The standard InChI is InChI=1S/C22H26N2O3S/c1-15-11-16(2)19(5)22(18(15)4)28(25,26)24(13-20-9-7-6-8-10-20)14-21-12-17(3)23-27-21/h6-12H,13-14H2,1-5H3. The SMILES string of the molecule is Cc1cc(CN(Cc2ccccc2)S(=O)(=O)c2c(C)c(C)cc(C)c2C)on1. The van der Waals surface area contributed by atoms with Crippen LogP contribution in [0.4, 0.5) is 0 Å². The van der Waals surface area contributed by atoms with Crippen LogP contribution < -0.4 is 0 Å². The van der Waals surface area contributed by atoms with E-state index in [9.17, 15) is 8.42 Å². The molecule has 5 nitrogen and oxygen atoms in total. The van der Waals surface area contributed by atoms with Crippen molar-refractivity contribution in [2.24, 2.45) is 0 Å². The van der Waals surface area contributed by atoms with E-state index in [1.54, 1.807) is 6.07 Å². The first kappa shape index (κ1) is 20.3. The molecule has 0 saturated carbocycles. The Morgan fingerprint density at radius 1 is 0.893 bits per heavy atom. The van der Waals surface area contributed by atoms with Gasteiger partial charge >= 0.3 is 0 Å². The van der Waals surface area contributed by atoms with Crippen molar-refractivity contribution in [2.75, 3.05) is 0 Å². The van der Waals surface area contributed by atoms with E-state index in [1.807, 2.05) is 71.0 Å². The maximum absolute atomic E-state index is 13.8. The fourth-order valence-electron chi connectivity index (χ4n) is 3.37. The molecule has 0 N–H and O–H groups in total. The summed E-state index contributed by atoms with van der Waals surface area (Å²) in [5.74, 6) is 0.525. The monoisotopic (exact) mass is 398 g/mol. The first-order valence-electron chi connectivity index (χ1n) is 9.24. The van der Waals surface area contributed by atoms with Gasteiger partial charge in [0.15, 0.2) is 5.76 Å². The second-order valence-corrected chi connectivity index (χ2v) is 9.16. The summed E-state index contributed by atoms with van der Waals surface area (Å²) in [6.07, 6.45) is 0. The molecule has 1 aromatic heterocycles. The van der Waals surface area contributed by atoms with Crippen LogP contribution in [0.15, 0.2) is 51.9 Å². The van der Waals surface area contributed by atoms with Gasteiger partial charge in [0.25, 0.3) is 0 Å². The highest BCUT2D eigenvalue weighted by molar-refractivity contribution is 7.89. The van der Waals surface area contributed by atoms with Gasteiger partial charge in [0.2, 0.25) is 10.0 Å². The van der Waals surface area contributed by atoms with E-state index >= 15 is 0 Å². The lowest BCUT2D eigenvalue weighted by molar-refractivity contribution is 0.317. The zero-order valence-electron chi connectivity index (χ0n) is 17.0. The van der Waals surface area contributed by atoms with Crippen LogP contribution >= 0.6 is 0 Å². The Labute approximate surface area is 167 Å². The number of aromatic nitrogens is 1. The van der Waals surface area contributed by atoms with Crippen LogP contribution in [0.1, 0.15) is 39.3 Å². The van der Waals surface area contributed by atoms with Crippen LogP contribution in [0.3, 0.4) is 0 Å². The number of nitrogens with zero attached hydrogens (tertiary/aromatic N) is 2. The van der Waals surface area contributed by atoms with Gasteiger partial charge in [0.1, 0.15) is 0 Å². The zero-order valence-corrected chi connectivity index (χ0v) is 17.8. The second kappa shape index (κ2) is 7.89. The third-order valence-electron chi connectivity index (χ3n) is 5.11. The fraction of sp³-hybridized carbons (Fsp3) is 0.318. The molecule has 0 amide bonds. The van der Waals surface area contributed by atoms with Gasteiger partial charge in [-0.2, -0.15) is 4.31 Å². The maximum atomic E-state index is 13.8. The highest BCUT2D eigenvalue weighted by Gasteiger charge is 2.30. The van der Waals surface area contributed by atoms with Gasteiger partial charge in [0.05, 0.1) is 17.1 Å². The molecule has 0 aliphatic rings. The van der Waals surface area contributed by atoms with Crippen molar-refractivity contribution in [3.63, 3.8) is 0 Å². The first-order chi connectivity index (χ1) is 13.2. The molecule has 0 aliphatic carbocycles. The van der Waals surface area contributed by atoms with E-state index in [0.29, 0.717) is 10.7 Å². The summed E-state index contributed by atoms with van der Waals surface area (Å²) in [5.41, 5.74) is 5.16. The van der Waals surface area contributed by atoms with Crippen LogP contribution in [0.5, 0.6) is 0 Å². The topological polar surface area (TPSA) is 63.4 Å². The van der Waals surface area contributed by atoms with E-state index in [1.165, 1.54) is 4.31 Å². The molecule has 0 aliphatic heterocycles. The van der Waals surface area contributed by atoms with Crippen molar-refractivity contribution in [3.05, 3.63) is 81.7 Å². The summed E-state index contributed by atoms with van der Waals surface area (Å²) in [6, 6.07) is 13.4. The highest BCUT2D eigenvalue weighted by Crippen LogP contribution is 2.30. The largest absolute Gasteiger partial charge is 0.360 e. The molecule has 0 fully saturated rings. The van der Waals surface area contributed by atoms with E-state index < -0.39 is 10.0 Å². The summed E-state index contributed by atoms with van der Waals surface area (Å²) in [7, 11) is -3.75. The van der Waals surface area contributed by atoms with Crippen molar-refractivity contribution in [2.45, 2.75) is 52.6 Å². The van der Waals surface area contributed by atoms with Crippen LogP contribution in [0, 0.1) is 34.6 Å². The molecule has 0 unspecified atom stereocenters. The molecule has 148 valence electrons. The summed E-state index contributed by atoms with van der Waals surface area (Å²) < 4.78 is 34.3. The van der Waals surface area contributed by atoms with Crippen molar-refractivity contribution in [1.29, 1.82) is 0 Å². The van der Waals surface area contributed by atoms with Gasteiger partial charge in [-0.15, -0.1) is 0 Å². The molecule has 3 rings (SSSR count). The molecule has 2 aromatic carbocycles. The number of aryl methyl sites for hydroxylation is 3. The van der Waals surface area contributed by atoms with Crippen molar-refractivity contribution in [1.82, 2.24) is 9.46 Å². The fourth-order valence-corrected chi connectivity index (χ4v) is 5.34. The molecule has 3 aromatic rings. The van der Waals surface area contributed by atoms with Gasteiger partial charge in [-0.25, -0.2) is 8.42 Å². The van der Waals surface area contributed by atoms with Gasteiger partial charge in [-0.3, -0.25) is 0 Å². The summed E-state index contributed by atoms with van der Waals surface area (Å²) in [5, 5.41) is 3.90. The zero-order chi connectivity index (χ0) is 20.5. The number of benzene rings is 2. The van der Waals surface area contributed by atoms with Gasteiger partial charge in [-0.05, 0) is 62.4 Å². The minimum Gasteiger partial charge on any atom is -0.360 e. The Morgan fingerprint density at radius 2 is 1.50 bits per heavy atom. The van der Waals surface area contributed by atoms with Crippen LogP contribution in [0.25, 0.3) is 0 Å². The Hall–Kier alpha value is -2.44. The van der Waals surface area contributed by atoms with Crippen LogP contribution in [-0.2, 0) is 23.1 Å². The number of hydrogen-bond donors (Lipinski definition) is 0. The molecule has 0 saturated heterocycles. The van der Waals surface area contributed by atoms with Crippen LogP contribution in [0.2, 0.25) is 0 Å². The predicted octanol–water partition coefficient (Wildman–Crippen LogP) is 4.61. The molecule has 28 heavy (non-hydrogen) atoms. The Morgan fingerprint density at radius 3 is 2.04 bits per heavy atom. The van der Waals surface area contributed by atoms with Crippen molar-refractivity contribution >= 4 is 10.0 Å². The van der Waals surface area contributed by atoms with Crippen molar-refractivity contribution < 1.29 is 12.9 Å². The molecule has 0 spiro atoms. The van der Waals surface area contributed by atoms with E-state index in [0.717, 1.165) is 33.5 Å². The molecule has 0 bridgehead atoms. The highest BCUT2D eigenvalue weighted by atomic mass is 32.2. The average molecular weight is 399 g/mol. The number of rotatable bonds is 6. The molecule has 0 radical (unpaired) electrons. The molecule has 1 heterocycles. The average Bonchev–Trinajstić information content (AvgIpc) is 3.05. The lowest BCUT2D eigenvalue weighted by Gasteiger charge is -2.24. The minimum absolute atomic E-state index is 0.129. The van der Waals surface area contributed by atoms with E-state index in [-0.39, 0.29) is 13.1 Å². The quantitative estimate of drug-likeness (QED) is 0.608. The van der Waals surface area contributed by atoms with Crippen molar-refractivity contribution in [3.8, 4) is 0 Å². The molecule has 0 atom stereocenters. The van der Waals surface area contributed by atoms with Gasteiger partial charge in [0, 0.05) is 12.6 Å². The summed E-state index contributed by atoms with van der Waals surface area (Å²) >= 11 is 0. The first-order valence-corrected chi connectivity index (χ1v) is 10.7. The normalized spacial score (nSPS) is 11.9. The second-order valence-electron chi connectivity index (χ2n) is 7.28. The minimum atomic E-state index is -3.75. The number of sulfonamides is 1. The Balaban J connectivity index is 2.10. The van der Waals surface area contributed by atoms with Gasteiger partial charge in [-0.1, -0.05) is 41.6 Å². The summed E-state index contributed by atoms with van der Waals surface area (Å²) in [4.78, 5) is 0.386. The Kier molecular flexibility index (Phi) is 5.72.